The third-order valence-electron chi connectivity index (χ3n) is 3.55. The first-order valence-corrected chi connectivity index (χ1v) is 7.57. The molecule has 0 amide bonds. The lowest BCUT2D eigenvalue weighted by molar-refractivity contribution is 0.271. The van der Waals surface area contributed by atoms with Crippen LogP contribution in [0.4, 0.5) is 0 Å². The summed E-state index contributed by atoms with van der Waals surface area (Å²) >= 11 is 0. The van der Waals surface area contributed by atoms with Crippen LogP contribution >= 0.6 is 0 Å². The van der Waals surface area contributed by atoms with Crippen LogP contribution in [0, 0.1) is 11.3 Å². The molecule has 2 unspecified atom stereocenters. The van der Waals surface area contributed by atoms with Crippen molar-refractivity contribution in [2.24, 2.45) is 18.4 Å². The predicted molar refractivity (Wildman–Crippen MR) is 84.0 cm³/mol. The van der Waals surface area contributed by atoms with Crippen molar-refractivity contribution in [3.63, 3.8) is 0 Å². The number of aromatic nitrogens is 2. The van der Waals surface area contributed by atoms with Gasteiger partial charge in [-0.2, -0.15) is 5.10 Å². The van der Waals surface area contributed by atoms with Gasteiger partial charge in [0.25, 0.3) is 0 Å². The average molecular weight is 281 g/mol. The van der Waals surface area contributed by atoms with Gasteiger partial charge in [-0.1, -0.05) is 34.6 Å². The van der Waals surface area contributed by atoms with Crippen LogP contribution in [0.25, 0.3) is 0 Å². The molecule has 1 N–H and O–H groups in total. The van der Waals surface area contributed by atoms with E-state index in [1.54, 1.807) is 13.3 Å². The molecule has 0 aliphatic heterocycles. The Balaban J connectivity index is 2.86. The molecule has 1 aromatic rings. The quantitative estimate of drug-likeness (QED) is 0.831. The summed E-state index contributed by atoms with van der Waals surface area (Å²) in [7, 11) is 3.69. The lowest BCUT2D eigenvalue weighted by Crippen LogP contribution is -2.26. The minimum Gasteiger partial charge on any atom is -0.493 e. The Kier molecular flexibility index (Phi) is 6.06. The van der Waals surface area contributed by atoms with Gasteiger partial charge < -0.3 is 10.1 Å². The normalized spacial score (nSPS) is 15.2. The molecule has 0 spiro atoms. The molecule has 1 rings (SSSR count). The van der Waals surface area contributed by atoms with Crippen LogP contribution in [0.2, 0.25) is 0 Å². The van der Waals surface area contributed by atoms with Gasteiger partial charge in [-0.25, -0.2) is 0 Å². The first-order valence-electron chi connectivity index (χ1n) is 7.57. The molecule has 0 bridgehead atoms. The monoisotopic (exact) mass is 281 g/mol. The van der Waals surface area contributed by atoms with Gasteiger partial charge in [0.2, 0.25) is 0 Å². The standard InChI is InChI=1S/C16H31N3O/c1-8-17-13(9-12(2)10-16(3,4)5)15-14(20-7)11-18-19(15)6/h11-13,17H,8-10H2,1-7H3. The van der Waals surface area contributed by atoms with E-state index in [1.807, 2.05) is 11.7 Å². The van der Waals surface area contributed by atoms with Gasteiger partial charge in [0.1, 0.15) is 0 Å². The Labute approximate surface area is 123 Å². The number of nitrogens with zero attached hydrogens (tertiary/aromatic N) is 2. The summed E-state index contributed by atoms with van der Waals surface area (Å²) in [5.41, 5.74) is 1.52. The van der Waals surface area contributed by atoms with Crippen LogP contribution in [0.1, 0.15) is 59.2 Å². The van der Waals surface area contributed by atoms with E-state index in [-0.39, 0.29) is 0 Å². The van der Waals surface area contributed by atoms with Gasteiger partial charge in [-0.05, 0) is 30.7 Å². The predicted octanol–water partition coefficient (Wildman–Crippen LogP) is 3.54. The minimum absolute atomic E-state index is 0.291. The molecule has 0 radical (unpaired) electrons. The summed E-state index contributed by atoms with van der Waals surface area (Å²) in [6, 6.07) is 0.291. The van der Waals surface area contributed by atoms with E-state index in [0.29, 0.717) is 17.4 Å². The van der Waals surface area contributed by atoms with Crippen molar-refractivity contribution in [3.8, 4) is 5.75 Å². The summed E-state index contributed by atoms with van der Waals surface area (Å²) in [6.07, 6.45) is 4.12. The summed E-state index contributed by atoms with van der Waals surface area (Å²) in [5.74, 6) is 1.53. The van der Waals surface area contributed by atoms with Gasteiger partial charge in [0.15, 0.2) is 5.75 Å². The Bertz CT molecular complexity index is 406. The number of aryl methyl sites for hydroxylation is 1. The molecule has 4 heteroatoms. The number of hydrogen-bond acceptors (Lipinski definition) is 3. The van der Waals surface area contributed by atoms with E-state index < -0.39 is 0 Å². The van der Waals surface area contributed by atoms with Crippen molar-refractivity contribution in [1.82, 2.24) is 15.1 Å². The fourth-order valence-electron chi connectivity index (χ4n) is 3.05. The van der Waals surface area contributed by atoms with Crippen LogP contribution in [0.5, 0.6) is 5.75 Å². The smallest absolute Gasteiger partial charge is 0.161 e. The summed E-state index contributed by atoms with van der Waals surface area (Å²) in [6.45, 7) is 12.3. The highest BCUT2D eigenvalue weighted by atomic mass is 16.5. The number of ether oxygens (including phenoxy) is 1. The van der Waals surface area contributed by atoms with Crippen molar-refractivity contribution in [1.29, 1.82) is 0 Å². The molecular formula is C16H31N3O. The third-order valence-corrected chi connectivity index (χ3v) is 3.55. The van der Waals surface area contributed by atoms with Gasteiger partial charge in [0.05, 0.1) is 25.0 Å². The first kappa shape index (κ1) is 17.0. The maximum Gasteiger partial charge on any atom is 0.161 e. The SMILES string of the molecule is CCNC(CC(C)CC(C)(C)C)c1c(OC)cnn1C. The van der Waals surface area contributed by atoms with Crippen LogP contribution in [0.15, 0.2) is 6.20 Å². The van der Waals surface area contributed by atoms with Gasteiger partial charge in [-0.3, -0.25) is 4.68 Å². The molecular weight excluding hydrogens is 250 g/mol. The largest absolute Gasteiger partial charge is 0.493 e. The van der Waals surface area contributed by atoms with Crippen molar-refractivity contribution in [3.05, 3.63) is 11.9 Å². The van der Waals surface area contributed by atoms with E-state index in [4.69, 9.17) is 4.74 Å². The average Bonchev–Trinajstić information content (AvgIpc) is 2.67. The van der Waals surface area contributed by atoms with Crippen molar-refractivity contribution in [2.45, 2.75) is 53.5 Å². The number of rotatable bonds is 7. The number of nitrogens with one attached hydrogen (secondary N) is 1. The molecule has 1 aromatic heterocycles. The molecule has 20 heavy (non-hydrogen) atoms. The summed E-state index contributed by atoms with van der Waals surface area (Å²) in [4.78, 5) is 0. The minimum atomic E-state index is 0.291. The lowest BCUT2D eigenvalue weighted by atomic mass is 9.82. The van der Waals surface area contributed by atoms with E-state index in [1.165, 1.54) is 6.42 Å². The molecule has 116 valence electrons. The maximum atomic E-state index is 5.45. The molecule has 0 aromatic carbocycles. The van der Waals surface area contributed by atoms with Crippen LogP contribution in [-0.2, 0) is 7.05 Å². The zero-order chi connectivity index (χ0) is 15.3. The highest BCUT2D eigenvalue weighted by Crippen LogP contribution is 2.33. The fraction of sp³-hybridized carbons (Fsp3) is 0.812. The molecule has 0 saturated carbocycles. The molecule has 4 nitrogen and oxygen atoms in total. The zero-order valence-corrected chi connectivity index (χ0v) is 14.2. The molecule has 1 heterocycles. The molecule has 0 aliphatic rings. The number of hydrogen-bond donors (Lipinski definition) is 1. The van der Waals surface area contributed by atoms with Gasteiger partial charge in [-0.15, -0.1) is 0 Å². The van der Waals surface area contributed by atoms with Crippen molar-refractivity contribution >= 4 is 0 Å². The van der Waals surface area contributed by atoms with Crippen LogP contribution in [0.3, 0.4) is 0 Å². The second kappa shape index (κ2) is 7.11. The zero-order valence-electron chi connectivity index (χ0n) is 14.2. The van der Waals surface area contributed by atoms with E-state index in [9.17, 15) is 0 Å². The second-order valence-corrected chi connectivity index (χ2v) is 6.94. The van der Waals surface area contributed by atoms with Crippen molar-refractivity contribution < 1.29 is 4.74 Å². The fourth-order valence-corrected chi connectivity index (χ4v) is 3.05. The number of methoxy groups -OCH3 is 1. The van der Waals surface area contributed by atoms with Crippen molar-refractivity contribution in [2.75, 3.05) is 13.7 Å². The van der Waals surface area contributed by atoms with E-state index in [2.05, 4.69) is 45.0 Å². The highest BCUT2D eigenvalue weighted by Gasteiger charge is 2.24. The topological polar surface area (TPSA) is 39.1 Å². The van der Waals surface area contributed by atoms with Crippen LogP contribution < -0.4 is 10.1 Å². The highest BCUT2D eigenvalue weighted by molar-refractivity contribution is 5.28. The Morgan fingerprint density at radius 2 is 2.05 bits per heavy atom. The molecule has 0 saturated heterocycles. The van der Waals surface area contributed by atoms with E-state index in [0.717, 1.165) is 24.4 Å². The molecule has 0 aliphatic carbocycles. The maximum absolute atomic E-state index is 5.45. The Morgan fingerprint density at radius 3 is 2.55 bits per heavy atom. The first-order chi connectivity index (χ1) is 9.28. The van der Waals surface area contributed by atoms with Crippen LogP contribution in [-0.4, -0.2) is 23.4 Å². The second-order valence-electron chi connectivity index (χ2n) is 6.94. The van der Waals surface area contributed by atoms with Gasteiger partial charge >= 0.3 is 0 Å². The summed E-state index contributed by atoms with van der Waals surface area (Å²) in [5, 5.41) is 7.90. The lowest BCUT2D eigenvalue weighted by Gasteiger charge is -2.27. The third kappa shape index (κ3) is 4.82. The van der Waals surface area contributed by atoms with E-state index >= 15 is 0 Å². The molecule has 0 fully saturated rings. The molecule has 2 atom stereocenters. The van der Waals surface area contributed by atoms with Gasteiger partial charge in [0, 0.05) is 7.05 Å². The summed E-state index contributed by atoms with van der Waals surface area (Å²) < 4.78 is 7.38. The Morgan fingerprint density at radius 1 is 1.40 bits per heavy atom. The Hall–Kier alpha value is -1.03.